The fourth-order valence-electron chi connectivity index (χ4n) is 1.82. The van der Waals surface area contributed by atoms with Crippen molar-refractivity contribution in [1.29, 1.82) is 0 Å². The summed E-state index contributed by atoms with van der Waals surface area (Å²) in [6.07, 6.45) is 1.27. The van der Waals surface area contributed by atoms with Crippen LogP contribution in [0.3, 0.4) is 0 Å². The second-order valence-corrected chi connectivity index (χ2v) is 3.43. The highest BCUT2D eigenvalue weighted by Gasteiger charge is 2.44. The zero-order valence-electron chi connectivity index (χ0n) is 6.82. The van der Waals surface area contributed by atoms with Gasteiger partial charge in [-0.15, -0.1) is 0 Å². The average molecular weight is 163 g/mol. The molecular formula is C8H15F2N. The molecule has 2 N–H and O–H groups in total. The quantitative estimate of drug-likeness (QED) is 0.677. The van der Waals surface area contributed by atoms with Gasteiger partial charge in [-0.05, 0) is 24.7 Å². The van der Waals surface area contributed by atoms with Crippen LogP contribution in [0, 0.1) is 5.41 Å². The van der Waals surface area contributed by atoms with Crippen LogP contribution in [0.5, 0.6) is 0 Å². The van der Waals surface area contributed by atoms with Crippen molar-refractivity contribution in [3.05, 3.63) is 0 Å². The van der Waals surface area contributed by atoms with Gasteiger partial charge in [0.05, 0.1) is 6.04 Å². The first kappa shape index (κ1) is 8.91. The predicted octanol–water partition coefficient (Wildman–Crippen LogP) is 2.16. The molecule has 1 rings (SSSR count). The van der Waals surface area contributed by atoms with Gasteiger partial charge in [-0.2, -0.15) is 0 Å². The molecule has 0 saturated heterocycles. The van der Waals surface area contributed by atoms with Crippen molar-refractivity contribution >= 4 is 0 Å². The van der Waals surface area contributed by atoms with Gasteiger partial charge in [0.1, 0.15) is 0 Å². The summed E-state index contributed by atoms with van der Waals surface area (Å²) in [4.78, 5) is 0. The van der Waals surface area contributed by atoms with Gasteiger partial charge in [0, 0.05) is 0 Å². The highest BCUT2D eigenvalue weighted by Crippen LogP contribution is 2.47. The van der Waals surface area contributed by atoms with Crippen LogP contribution >= 0.6 is 0 Å². The molecular weight excluding hydrogens is 148 g/mol. The minimum atomic E-state index is -2.35. The van der Waals surface area contributed by atoms with Crippen LogP contribution in [-0.4, -0.2) is 12.5 Å². The topological polar surface area (TPSA) is 26.0 Å². The number of rotatable bonds is 3. The number of hydrogen-bond acceptors (Lipinski definition) is 1. The van der Waals surface area contributed by atoms with Crippen molar-refractivity contribution in [1.82, 2.24) is 0 Å². The van der Waals surface area contributed by atoms with E-state index in [2.05, 4.69) is 0 Å². The molecule has 1 atom stereocenters. The Morgan fingerprint density at radius 2 is 2.00 bits per heavy atom. The van der Waals surface area contributed by atoms with Gasteiger partial charge in [-0.25, -0.2) is 8.78 Å². The van der Waals surface area contributed by atoms with Gasteiger partial charge >= 0.3 is 0 Å². The molecule has 3 heteroatoms. The lowest BCUT2D eigenvalue weighted by atomic mass is 9.63. The average Bonchev–Trinajstić information content (AvgIpc) is 1.86. The molecule has 1 fully saturated rings. The third-order valence-electron chi connectivity index (χ3n) is 3.03. The minimum absolute atomic E-state index is 0.228. The van der Waals surface area contributed by atoms with Crippen LogP contribution < -0.4 is 5.73 Å². The van der Waals surface area contributed by atoms with Crippen molar-refractivity contribution in [2.24, 2.45) is 11.1 Å². The largest absolute Gasteiger partial charge is 0.322 e. The van der Waals surface area contributed by atoms with E-state index in [1.165, 1.54) is 0 Å². The van der Waals surface area contributed by atoms with Crippen molar-refractivity contribution in [3.63, 3.8) is 0 Å². The molecule has 0 aromatic heterocycles. The Hall–Kier alpha value is -0.180. The molecule has 0 aromatic carbocycles. The molecule has 1 saturated carbocycles. The Balaban J connectivity index is 2.54. The molecule has 0 amide bonds. The van der Waals surface area contributed by atoms with Crippen LogP contribution in [0.4, 0.5) is 8.78 Å². The maximum atomic E-state index is 12.2. The normalized spacial score (nSPS) is 24.8. The van der Waals surface area contributed by atoms with Crippen LogP contribution in [0.25, 0.3) is 0 Å². The number of halogens is 2. The van der Waals surface area contributed by atoms with Gasteiger partial charge in [0.2, 0.25) is 0 Å². The molecule has 0 aliphatic heterocycles. The van der Waals surface area contributed by atoms with Gasteiger partial charge in [0.25, 0.3) is 6.43 Å². The van der Waals surface area contributed by atoms with E-state index in [0.717, 1.165) is 25.7 Å². The molecule has 1 aliphatic rings. The van der Waals surface area contributed by atoms with E-state index in [1.54, 1.807) is 0 Å². The van der Waals surface area contributed by atoms with Crippen molar-refractivity contribution in [3.8, 4) is 0 Å². The molecule has 1 aliphatic carbocycles. The molecule has 0 aromatic rings. The first-order chi connectivity index (χ1) is 5.12. The zero-order chi connectivity index (χ0) is 8.48. The summed E-state index contributed by atoms with van der Waals surface area (Å²) < 4.78 is 24.4. The Kier molecular flexibility index (Phi) is 2.47. The summed E-state index contributed by atoms with van der Waals surface area (Å²) in [6, 6.07) is -0.902. The molecule has 0 bridgehead atoms. The van der Waals surface area contributed by atoms with Gasteiger partial charge in [-0.1, -0.05) is 13.3 Å². The smallest absolute Gasteiger partial charge is 0.254 e. The van der Waals surface area contributed by atoms with Gasteiger partial charge in [0.15, 0.2) is 0 Å². The number of nitrogens with two attached hydrogens (primary N) is 1. The summed E-state index contributed by atoms with van der Waals surface area (Å²) in [5.41, 5.74) is 5.19. The fourth-order valence-corrected chi connectivity index (χ4v) is 1.82. The van der Waals surface area contributed by atoms with E-state index in [9.17, 15) is 8.78 Å². The third kappa shape index (κ3) is 1.39. The lowest BCUT2D eigenvalue weighted by Gasteiger charge is -2.45. The van der Waals surface area contributed by atoms with Crippen molar-refractivity contribution in [2.45, 2.75) is 45.1 Å². The van der Waals surface area contributed by atoms with Gasteiger partial charge in [-0.3, -0.25) is 0 Å². The highest BCUT2D eigenvalue weighted by molar-refractivity contribution is 4.95. The van der Waals surface area contributed by atoms with Gasteiger partial charge < -0.3 is 5.73 Å². The Bertz CT molecular complexity index is 127. The van der Waals surface area contributed by atoms with Crippen molar-refractivity contribution in [2.75, 3.05) is 0 Å². The molecule has 0 spiro atoms. The number of hydrogen-bond donors (Lipinski definition) is 1. The summed E-state index contributed by atoms with van der Waals surface area (Å²) >= 11 is 0. The van der Waals surface area contributed by atoms with Crippen molar-refractivity contribution < 1.29 is 8.78 Å². The molecule has 66 valence electrons. The molecule has 1 nitrogen and oxygen atoms in total. The van der Waals surface area contributed by atoms with E-state index in [1.807, 2.05) is 6.92 Å². The van der Waals surface area contributed by atoms with Crippen LogP contribution in [-0.2, 0) is 0 Å². The summed E-state index contributed by atoms with van der Waals surface area (Å²) in [5, 5.41) is 0. The highest BCUT2D eigenvalue weighted by atomic mass is 19.3. The Labute approximate surface area is 66.0 Å². The van der Waals surface area contributed by atoms with Crippen LogP contribution in [0.1, 0.15) is 32.6 Å². The maximum Gasteiger partial charge on any atom is 0.254 e. The first-order valence-corrected chi connectivity index (χ1v) is 4.16. The monoisotopic (exact) mass is 163 g/mol. The van der Waals surface area contributed by atoms with E-state index in [-0.39, 0.29) is 5.41 Å². The Morgan fingerprint density at radius 3 is 2.09 bits per heavy atom. The summed E-state index contributed by atoms with van der Waals surface area (Å²) in [6.45, 7) is 1.95. The maximum absolute atomic E-state index is 12.2. The second kappa shape index (κ2) is 3.05. The SMILES string of the molecule is CCC1(C(N)C(F)F)CCC1. The number of alkyl halides is 2. The molecule has 0 heterocycles. The first-order valence-electron chi connectivity index (χ1n) is 4.16. The van der Waals surface area contributed by atoms with E-state index in [4.69, 9.17) is 5.73 Å². The van der Waals surface area contributed by atoms with E-state index in [0.29, 0.717) is 0 Å². The fraction of sp³-hybridized carbons (Fsp3) is 1.00. The third-order valence-corrected chi connectivity index (χ3v) is 3.03. The standard InChI is InChI=1S/C8H15F2N/c1-2-8(4-3-5-8)6(11)7(9)10/h6-7H,2-5,11H2,1H3. The predicted molar refractivity (Wildman–Crippen MR) is 40.6 cm³/mol. The Morgan fingerprint density at radius 1 is 1.45 bits per heavy atom. The summed E-state index contributed by atoms with van der Waals surface area (Å²) in [5.74, 6) is 0. The van der Waals surface area contributed by atoms with E-state index < -0.39 is 12.5 Å². The zero-order valence-corrected chi connectivity index (χ0v) is 6.82. The lowest BCUT2D eigenvalue weighted by molar-refractivity contribution is -0.00730. The summed E-state index contributed by atoms with van der Waals surface area (Å²) in [7, 11) is 0. The molecule has 0 radical (unpaired) electrons. The van der Waals surface area contributed by atoms with Crippen LogP contribution in [0.15, 0.2) is 0 Å². The minimum Gasteiger partial charge on any atom is -0.322 e. The lowest BCUT2D eigenvalue weighted by Crippen LogP contribution is -2.50. The van der Waals surface area contributed by atoms with Crippen LogP contribution in [0.2, 0.25) is 0 Å². The second-order valence-electron chi connectivity index (χ2n) is 3.43. The molecule has 11 heavy (non-hydrogen) atoms. The molecule has 1 unspecified atom stereocenters. The van der Waals surface area contributed by atoms with E-state index >= 15 is 0 Å².